The van der Waals surface area contributed by atoms with Gasteiger partial charge in [0, 0.05) is 32.4 Å². The van der Waals surface area contributed by atoms with Crippen molar-refractivity contribution in [1.82, 2.24) is 24.3 Å². The molecule has 1 unspecified atom stereocenters. The summed E-state index contributed by atoms with van der Waals surface area (Å²) in [5, 5.41) is 0. The predicted molar refractivity (Wildman–Crippen MR) is 124 cm³/mol. The van der Waals surface area contributed by atoms with Crippen LogP contribution in [0, 0.1) is 0 Å². The molecule has 7 heteroatoms. The van der Waals surface area contributed by atoms with E-state index in [2.05, 4.69) is 27.0 Å². The van der Waals surface area contributed by atoms with Gasteiger partial charge < -0.3 is 19.1 Å². The average Bonchev–Trinajstić information content (AvgIpc) is 3.08. The summed E-state index contributed by atoms with van der Waals surface area (Å²) in [6.07, 6.45) is 8.27. The van der Waals surface area contributed by atoms with Crippen LogP contribution in [-0.2, 0) is 11.3 Å². The number of piperidine rings is 1. The second-order valence-electron chi connectivity index (χ2n) is 8.88. The van der Waals surface area contributed by atoms with Crippen LogP contribution < -0.4 is 0 Å². The normalized spacial score (nSPS) is 20.4. The SMILES string of the molecule is O=C(c1cnc2c(c1)ncn2Cc1ccccc1)N1CCCOC(CN2CCCCC2)C1. The second-order valence-corrected chi connectivity index (χ2v) is 8.88. The van der Waals surface area contributed by atoms with Crippen molar-refractivity contribution in [3.63, 3.8) is 0 Å². The first-order chi connectivity index (χ1) is 15.8. The zero-order valence-electron chi connectivity index (χ0n) is 18.5. The molecule has 0 N–H and O–H groups in total. The van der Waals surface area contributed by atoms with Crippen LogP contribution in [0.25, 0.3) is 11.2 Å². The summed E-state index contributed by atoms with van der Waals surface area (Å²) in [6, 6.07) is 12.1. The molecule has 0 saturated carbocycles. The van der Waals surface area contributed by atoms with Gasteiger partial charge in [-0.15, -0.1) is 0 Å². The standard InChI is InChI=1S/C25H31N5O2/c31-25(29-12-7-13-32-22(18-29)17-28-10-5-2-6-11-28)21-14-23-24(26-15-21)30(19-27-23)16-20-8-3-1-4-9-20/h1,3-4,8-9,14-15,19,22H,2,5-7,10-13,16-18H2. The van der Waals surface area contributed by atoms with Crippen molar-refractivity contribution < 1.29 is 9.53 Å². The lowest BCUT2D eigenvalue weighted by Gasteiger charge is -2.31. The Morgan fingerprint density at radius 1 is 1.03 bits per heavy atom. The first kappa shape index (κ1) is 21.1. The van der Waals surface area contributed by atoms with Crippen molar-refractivity contribution in [2.24, 2.45) is 0 Å². The average molecular weight is 434 g/mol. The second kappa shape index (κ2) is 9.79. The highest BCUT2D eigenvalue weighted by molar-refractivity contribution is 5.96. The lowest BCUT2D eigenvalue weighted by atomic mass is 10.1. The number of fused-ring (bicyclic) bond motifs is 1. The minimum Gasteiger partial charge on any atom is -0.375 e. The summed E-state index contributed by atoms with van der Waals surface area (Å²) < 4.78 is 8.11. The molecule has 2 saturated heterocycles. The molecule has 2 fully saturated rings. The maximum absolute atomic E-state index is 13.3. The molecule has 3 aromatic rings. The molecule has 0 spiro atoms. The fourth-order valence-electron chi connectivity index (χ4n) is 4.76. The molecule has 2 aliphatic rings. The van der Waals surface area contributed by atoms with Gasteiger partial charge in [0.1, 0.15) is 5.52 Å². The van der Waals surface area contributed by atoms with Crippen LogP contribution in [0.2, 0.25) is 0 Å². The molecule has 4 heterocycles. The summed E-state index contributed by atoms with van der Waals surface area (Å²) in [4.78, 5) is 26.8. The van der Waals surface area contributed by atoms with Crippen molar-refractivity contribution in [3.05, 3.63) is 60.0 Å². The lowest BCUT2D eigenvalue weighted by Crippen LogP contribution is -2.43. The van der Waals surface area contributed by atoms with E-state index in [1.165, 1.54) is 24.8 Å². The topological polar surface area (TPSA) is 63.5 Å². The summed E-state index contributed by atoms with van der Waals surface area (Å²) in [5.41, 5.74) is 3.34. The van der Waals surface area contributed by atoms with Crippen LogP contribution in [0.5, 0.6) is 0 Å². The van der Waals surface area contributed by atoms with E-state index in [-0.39, 0.29) is 12.0 Å². The zero-order valence-corrected chi connectivity index (χ0v) is 18.5. The number of hydrogen-bond donors (Lipinski definition) is 0. The number of nitrogens with zero attached hydrogens (tertiary/aromatic N) is 5. The number of benzene rings is 1. The number of rotatable bonds is 5. The highest BCUT2D eigenvalue weighted by Gasteiger charge is 2.26. The number of aromatic nitrogens is 3. The van der Waals surface area contributed by atoms with Gasteiger partial charge in [-0.3, -0.25) is 4.79 Å². The van der Waals surface area contributed by atoms with Gasteiger partial charge in [-0.25, -0.2) is 9.97 Å². The van der Waals surface area contributed by atoms with Gasteiger partial charge in [-0.1, -0.05) is 36.8 Å². The first-order valence-corrected chi connectivity index (χ1v) is 11.7. The summed E-state index contributed by atoms with van der Waals surface area (Å²) in [5.74, 6) is 0.0196. The number of amides is 1. The third kappa shape index (κ3) is 4.84. The van der Waals surface area contributed by atoms with E-state index in [0.29, 0.717) is 25.3 Å². The Bertz CT molecular complexity index is 1040. The van der Waals surface area contributed by atoms with E-state index in [0.717, 1.165) is 43.8 Å². The Kier molecular flexibility index (Phi) is 6.46. The number of carbonyl (C=O) groups is 1. The Morgan fingerprint density at radius 3 is 2.72 bits per heavy atom. The van der Waals surface area contributed by atoms with Crippen LogP contribution in [0.3, 0.4) is 0 Å². The molecule has 1 amide bonds. The molecular weight excluding hydrogens is 402 g/mol. The van der Waals surface area contributed by atoms with Crippen LogP contribution in [0.1, 0.15) is 41.6 Å². The third-order valence-electron chi connectivity index (χ3n) is 6.45. The molecule has 1 atom stereocenters. The fourth-order valence-corrected chi connectivity index (χ4v) is 4.76. The minimum absolute atomic E-state index is 0.0196. The van der Waals surface area contributed by atoms with E-state index < -0.39 is 0 Å². The predicted octanol–water partition coefficient (Wildman–Crippen LogP) is 3.20. The number of hydrogen-bond acceptors (Lipinski definition) is 5. The quantitative estimate of drug-likeness (QED) is 0.618. The summed E-state index contributed by atoms with van der Waals surface area (Å²) >= 11 is 0. The molecule has 2 aliphatic heterocycles. The highest BCUT2D eigenvalue weighted by atomic mass is 16.5. The third-order valence-corrected chi connectivity index (χ3v) is 6.45. The van der Waals surface area contributed by atoms with Gasteiger partial charge in [0.2, 0.25) is 0 Å². The molecule has 32 heavy (non-hydrogen) atoms. The van der Waals surface area contributed by atoms with E-state index >= 15 is 0 Å². The largest absolute Gasteiger partial charge is 0.375 e. The highest BCUT2D eigenvalue weighted by Crippen LogP contribution is 2.18. The number of likely N-dealkylation sites (tertiary alicyclic amines) is 1. The van der Waals surface area contributed by atoms with E-state index in [1.807, 2.05) is 33.7 Å². The molecule has 0 bridgehead atoms. The molecule has 7 nitrogen and oxygen atoms in total. The van der Waals surface area contributed by atoms with Crippen molar-refractivity contribution in [1.29, 1.82) is 0 Å². The van der Waals surface area contributed by atoms with E-state index in [4.69, 9.17) is 4.74 Å². The number of ether oxygens (including phenoxy) is 1. The maximum atomic E-state index is 13.3. The van der Waals surface area contributed by atoms with Crippen molar-refractivity contribution in [2.75, 3.05) is 39.3 Å². The molecule has 168 valence electrons. The maximum Gasteiger partial charge on any atom is 0.255 e. The van der Waals surface area contributed by atoms with Gasteiger partial charge in [-0.2, -0.15) is 0 Å². The molecular formula is C25H31N5O2. The van der Waals surface area contributed by atoms with Gasteiger partial charge in [0.25, 0.3) is 5.91 Å². The van der Waals surface area contributed by atoms with Crippen LogP contribution in [0.4, 0.5) is 0 Å². The number of carbonyl (C=O) groups excluding carboxylic acids is 1. The van der Waals surface area contributed by atoms with Gasteiger partial charge in [0.15, 0.2) is 5.65 Å². The molecule has 5 rings (SSSR count). The zero-order chi connectivity index (χ0) is 21.8. The molecule has 1 aromatic carbocycles. The molecule has 0 aliphatic carbocycles. The fraction of sp³-hybridized carbons (Fsp3) is 0.480. The molecule has 0 radical (unpaired) electrons. The minimum atomic E-state index is 0.0196. The van der Waals surface area contributed by atoms with Gasteiger partial charge in [-0.05, 0) is 44.0 Å². The van der Waals surface area contributed by atoms with E-state index in [1.54, 1.807) is 12.5 Å². The lowest BCUT2D eigenvalue weighted by molar-refractivity contribution is 0.0216. The van der Waals surface area contributed by atoms with Crippen LogP contribution in [0.15, 0.2) is 48.9 Å². The smallest absolute Gasteiger partial charge is 0.255 e. The number of imidazole rings is 1. The van der Waals surface area contributed by atoms with Gasteiger partial charge in [0.05, 0.1) is 24.5 Å². The van der Waals surface area contributed by atoms with Crippen molar-refractivity contribution in [2.45, 2.75) is 38.3 Å². The van der Waals surface area contributed by atoms with Crippen molar-refractivity contribution >= 4 is 17.1 Å². The Balaban J connectivity index is 1.29. The Morgan fingerprint density at radius 2 is 1.88 bits per heavy atom. The Hall–Kier alpha value is -2.77. The van der Waals surface area contributed by atoms with Crippen molar-refractivity contribution in [3.8, 4) is 0 Å². The van der Waals surface area contributed by atoms with Crippen LogP contribution >= 0.6 is 0 Å². The monoisotopic (exact) mass is 433 g/mol. The summed E-state index contributed by atoms with van der Waals surface area (Å²) in [7, 11) is 0. The number of pyridine rings is 1. The van der Waals surface area contributed by atoms with Gasteiger partial charge >= 0.3 is 0 Å². The van der Waals surface area contributed by atoms with E-state index in [9.17, 15) is 4.79 Å². The van der Waals surface area contributed by atoms with Crippen LogP contribution in [-0.4, -0.2) is 75.7 Å². The Labute approximate surface area is 189 Å². The first-order valence-electron chi connectivity index (χ1n) is 11.7. The summed E-state index contributed by atoms with van der Waals surface area (Å²) in [6.45, 7) is 5.96. The molecule has 2 aromatic heterocycles.